The van der Waals surface area contributed by atoms with Crippen LogP contribution in [0.15, 0.2) is 23.5 Å². The molecule has 0 aromatic carbocycles. The Morgan fingerprint density at radius 1 is 1.47 bits per heavy atom. The Labute approximate surface area is 103 Å². The van der Waals surface area contributed by atoms with Crippen LogP contribution in [0.3, 0.4) is 0 Å². The Balaban J connectivity index is 2.47. The first kappa shape index (κ1) is 13.5. The van der Waals surface area contributed by atoms with Gasteiger partial charge in [-0.2, -0.15) is 0 Å². The number of pyridine rings is 1. The molecule has 0 saturated heterocycles. The third kappa shape index (κ3) is 5.33. The minimum atomic E-state index is -0.0415. The van der Waals surface area contributed by atoms with Gasteiger partial charge in [-0.05, 0) is 51.3 Å². The average Bonchev–Trinajstić information content (AvgIpc) is 2.18. The van der Waals surface area contributed by atoms with Crippen molar-refractivity contribution in [3.05, 3.63) is 29.6 Å². The second kappa shape index (κ2) is 5.66. The minimum absolute atomic E-state index is 0.0415. The summed E-state index contributed by atoms with van der Waals surface area (Å²) in [6.45, 7) is 8.93. The van der Waals surface area contributed by atoms with Crippen LogP contribution in [0, 0.1) is 6.92 Å². The maximum absolute atomic E-state index is 5.79. The van der Waals surface area contributed by atoms with Gasteiger partial charge < -0.3 is 11.1 Å². The normalized spacial score (nSPS) is 12.6. The Kier molecular flexibility index (Phi) is 4.49. The van der Waals surface area contributed by atoms with E-state index >= 15 is 0 Å². The van der Waals surface area contributed by atoms with Gasteiger partial charge in [0, 0.05) is 24.5 Å². The summed E-state index contributed by atoms with van der Waals surface area (Å²) in [6, 6.07) is 2.03. The number of guanidine groups is 1. The van der Waals surface area contributed by atoms with Crippen LogP contribution >= 0.6 is 0 Å². The number of hydrogen-bond donors (Lipinski definition) is 2. The molecule has 1 aromatic rings. The number of aromatic nitrogens is 1. The topological polar surface area (TPSA) is 63.3 Å². The van der Waals surface area contributed by atoms with E-state index in [1.54, 1.807) is 0 Å². The first-order valence-electron chi connectivity index (χ1n) is 5.86. The predicted molar refractivity (Wildman–Crippen MR) is 72.1 cm³/mol. The molecule has 0 spiro atoms. The van der Waals surface area contributed by atoms with Crippen LogP contribution in [0.5, 0.6) is 0 Å². The van der Waals surface area contributed by atoms with Gasteiger partial charge in [-0.25, -0.2) is 0 Å². The van der Waals surface area contributed by atoms with Gasteiger partial charge in [-0.3, -0.25) is 9.98 Å². The Morgan fingerprint density at radius 3 is 2.76 bits per heavy atom. The van der Waals surface area contributed by atoms with Gasteiger partial charge in [-0.1, -0.05) is 0 Å². The molecule has 0 amide bonds. The SMILES string of the molecule is Cc1cnccc1CCN=C(N)NC(C)(C)C. The van der Waals surface area contributed by atoms with E-state index in [9.17, 15) is 0 Å². The summed E-state index contributed by atoms with van der Waals surface area (Å²) in [5.74, 6) is 0.504. The molecule has 4 nitrogen and oxygen atoms in total. The molecule has 0 bridgehead atoms. The van der Waals surface area contributed by atoms with Crippen molar-refractivity contribution in [3.63, 3.8) is 0 Å². The lowest BCUT2D eigenvalue weighted by atomic mass is 10.1. The molecular formula is C13H22N4. The van der Waals surface area contributed by atoms with Crippen molar-refractivity contribution in [1.29, 1.82) is 0 Å². The van der Waals surface area contributed by atoms with Crippen molar-refractivity contribution in [1.82, 2.24) is 10.3 Å². The van der Waals surface area contributed by atoms with Crippen LogP contribution in [0.1, 0.15) is 31.9 Å². The molecule has 0 saturated carbocycles. The lowest BCUT2D eigenvalue weighted by molar-refractivity contribution is 0.508. The second-order valence-corrected chi connectivity index (χ2v) is 5.19. The number of aliphatic imine (C=N–C) groups is 1. The smallest absolute Gasteiger partial charge is 0.188 e. The number of aryl methyl sites for hydroxylation is 1. The number of nitrogens with two attached hydrogens (primary N) is 1. The summed E-state index contributed by atoms with van der Waals surface area (Å²) < 4.78 is 0. The summed E-state index contributed by atoms with van der Waals surface area (Å²) in [5, 5.41) is 3.14. The third-order valence-corrected chi connectivity index (χ3v) is 2.30. The fourth-order valence-corrected chi connectivity index (χ4v) is 1.50. The van der Waals surface area contributed by atoms with Gasteiger partial charge in [0.2, 0.25) is 0 Å². The lowest BCUT2D eigenvalue weighted by Crippen LogP contribution is -2.45. The second-order valence-electron chi connectivity index (χ2n) is 5.19. The highest BCUT2D eigenvalue weighted by Gasteiger charge is 2.09. The largest absolute Gasteiger partial charge is 0.370 e. The molecule has 4 heteroatoms. The molecule has 94 valence electrons. The van der Waals surface area contributed by atoms with Crippen LogP contribution in [0.4, 0.5) is 0 Å². The Morgan fingerprint density at radius 2 is 2.18 bits per heavy atom. The summed E-state index contributed by atoms with van der Waals surface area (Å²) in [6.07, 6.45) is 4.57. The summed E-state index contributed by atoms with van der Waals surface area (Å²) >= 11 is 0. The highest BCUT2D eigenvalue weighted by Crippen LogP contribution is 2.05. The molecular weight excluding hydrogens is 212 g/mol. The Bertz CT molecular complexity index is 391. The van der Waals surface area contributed by atoms with Crippen LogP contribution < -0.4 is 11.1 Å². The summed E-state index contributed by atoms with van der Waals surface area (Å²) in [7, 11) is 0. The molecule has 3 N–H and O–H groups in total. The maximum atomic E-state index is 5.79. The van der Waals surface area contributed by atoms with E-state index in [1.165, 1.54) is 11.1 Å². The fraction of sp³-hybridized carbons (Fsp3) is 0.538. The van der Waals surface area contributed by atoms with E-state index in [0.717, 1.165) is 6.42 Å². The van der Waals surface area contributed by atoms with Gasteiger partial charge in [0.25, 0.3) is 0 Å². The molecule has 0 aliphatic carbocycles. The van der Waals surface area contributed by atoms with Crippen LogP contribution in [0.2, 0.25) is 0 Å². The Hall–Kier alpha value is -1.58. The highest BCUT2D eigenvalue weighted by molar-refractivity contribution is 5.78. The molecule has 0 aliphatic heterocycles. The monoisotopic (exact) mass is 234 g/mol. The molecule has 17 heavy (non-hydrogen) atoms. The predicted octanol–water partition coefficient (Wildman–Crippen LogP) is 1.64. The van der Waals surface area contributed by atoms with Crippen LogP contribution in [0.25, 0.3) is 0 Å². The van der Waals surface area contributed by atoms with Crippen molar-refractivity contribution in [2.24, 2.45) is 10.7 Å². The number of nitrogens with zero attached hydrogens (tertiary/aromatic N) is 2. The zero-order valence-electron chi connectivity index (χ0n) is 11.1. The van der Waals surface area contributed by atoms with Crippen molar-refractivity contribution in [2.45, 2.75) is 39.7 Å². The standard InChI is InChI=1S/C13H22N4/c1-10-9-15-7-5-11(10)6-8-16-12(14)17-13(2,3)4/h5,7,9H,6,8H2,1-4H3,(H3,14,16,17). The molecule has 0 radical (unpaired) electrons. The van der Waals surface area contributed by atoms with E-state index < -0.39 is 0 Å². The summed E-state index contributed by atoms with van der Waals surface area (Å²) in [5.41, 5.74) is 8.22. The van der Waals surface area contributed by atoms with Crippen molar-refractivity contribution in [3.8, 4) is 0 Å². The zero-order chi connectivity index (χ0) is 12.9. The van der Waals surface area contributed by atoms with Gasteiger partial charge in [0.15, 0.2) is 5.96 Å². The number of rotatable bonds is 3. The van der Waals surface area contributed by atoms with Crippen LogP contribution in [-0.4, -0.2) is 23.0 Å². The average molecular weight is 234 g/mol. The first-order valence-corrected chi connectivity index (χ1v) is 5.86. The molecule has 1 heterocycles. The molecule has 0 atom stereocenters. The molecule has 1 rings (SSSR count). The number of nitrogens with one attached hydrogen (secondary N) is 1. The fourth-order valence-electron chi connectivity index (χ4n) is 1.50. The van der Waals surface area contributed by atoms with Gasteiger partial charge >= 0.3 is 0 Å². The van der Waals surface area contributed by atoms with E-state index in [-0.39, 0.29) is 5.54 Å². The van der Waals surface area contributed by atoms with Gasteiger partial charge in [0.05, 0.1) is 0 Å². The third-order valence-electron chi connectivity index (χ3n) is 2.30. The molecule has 0 fully saturated rings. The number of hydrogen-bond acceptors (Lipinski definition) is 2. The van der Waals surface area contributed by atoms with Crippen molar-refractivity contribution in [2.75, 3.05) is 6.54 Å². The molecule has 1 aromatic heterocycles. The van der Waals surface area contributed by atoms with E-state index in [0.29, 0.717) is 12.5 Å². The van der Waals surface area contributed by atoms with E-state index in [1.807, 2.05) is 18.5 Å². The first-order chi connectivity index (χ1) is 7.88. The van der Waals surface area contributed by atoms with Crippen molar-refractivity contribution >= 4 is 5.96 Å². The summed E-state index contributed by atoms with van der Waals surface area (Å²) in [4.78, 5) is 8.37. The van der Waals surface area contributed by atoms with Crippen molar-refractivity contribution < 1.29 is 0 Å². The van der Waals surface area contributed by atoms with E-state index in [2.05, 4.69) is 43.0 Å². The quantitative estimate of drug-likeness (QED) is 0.617. The van der Waals surface area contributed by atoms with Gasteiger partial charge in [-0.15, -0.1) is 0 Å². The maximum Gasteiger partial charge on any atom is 0.188 e. The van der Waals surface area contributed by atoms with Crippen LogP contribution in [-0.2, 0) is 6.42 Å². The molecule has 0 aliphatic rings. The highest BCUT2D eigenvalue weighted by atomic mass is 15.1. The van der Waals surface area contributed by atoms with Gasteiger partial charge in [0.1, 0.15) is 0 Å². The minimum Gasteiger partial charge on any atom is -0.370 e. The van der Waals surface area contributed by atoms with E-state index in [4.69, 9.17) is 5.73 Å². The lowest BCUT2D eigenvalue weighted by Gasteiger charge is -2.21. The zero-order valence-corrected chi connectivity index (χ0v) is 11.1. The molecule has 0 unspecified atom stereocenters.